The number of benzene rings is 1. The van der Waals surface area contributed by atoms with Crippen LogP contribution in [0.3, 0.4) is 0 Å². The molecule has 0 N–H and O–H groups in total. The Morgan fingerprint density at radius 2 is 1.96 bits per heavy atom. The highest BCUT2D eigenvalue weighted by atomic mass is 35.5. The molecule has 9 heteroatoms. The predicted octanol–water partition coefficient (Wildman–Crippen LogP) is 2.70. The summed E-state index contributed by atoms with van der Waals surface area (Å²) >= 11 is 5.66. The number of nitrogens with zero attached hydrogens (tertiary/aromatic N) is 1. The maximum Gasteiger partial charge on any atom is 0.243 e. The quantitative estimate of drug-likeness (QED) is 0.765. The molecule has 136 valence electrons. The van der Waals surface area contributed by atoms with Crippen LogP contribution in [0.2, 0.25) is 5.02 Å². The fourth-order valence-corrected chi connectivity index (χ4v) is 6.83. The van der Waals surface area contributed by atoms with Crippen molar-refractivity contribution in [2.45, 2.75) is 36.8 Å². The fourth-order valence-electron chi connectivity index (χ4n) is 2.80. The smallest absolute Gasteiger partial charge is 0.228 e. The van der Waals surface area contributed by atoms with Gasteiger partial charge in [-0.2, -0.15) is 4.31 Å². The topological polar surface area (TPSA) is 71.5 Å². The minimum absolute atomic E-state index is 0.0158. The molecule has 0 aromatic heterocycles. The number of piperidine rings is 1. The molecule has 2 rings (SSSR count). The molecule has 1 saturated heterocycles. The van der Waals surface area contributed by atoms with E-state index >= 15 is 0 Å². The Morgan fingerprint density at radius 3 is 2.54 bits per heavy atom. The first-order chi connectivity index (χ1) is 11.0. The first kappa shape index (κ1) is 19.6. The Labute approximate surface area is 147 Å². The number of sulfonamides is 1. The van der Waals surface area contributed by atoms with Crippen molar-refractivity contribution in [3.63, 3.8) is 0 Å². The summed E-state index contributed by atoms with van der Waals surface area (Å²) in [6.07, 6.45) is 0.918. The Balaban J connectivity index is 2.26. The number of sulfone groups is 1. The van der Waals surface area contributed by atoms with E-state index in [2.05, 4.69) is 0 Å². The monoisotopic (exact) mass is 397 g/mol. The Hall–Kier alpha value is -0.700. The van der Waals surface area contributed by atoms with Gasteiger partial charge >= 0.3 is 0 Å². The largest absolute Gasteiger partial charge is 0.243 e. The second kappa shape index (κ2) is 7.27. The molecule has 1 aliphatic rings. The second-order valence-corrected chi connectivity index (χ2v) is 11.1. The van der Waals surface area contributed by atoms with E-state index in [9.17, 15) is 21.2 Å². The molecule has 0 saturated carbocycles. The van der Waals surface area contributed by atoms with Gasteiger partial charge in [-0.25, -0.2) is 21.2 Å². The van der Waals surface area contributed by atoms with Crippen molar-refractivity contribution in [2.75, 3.05) is 18.8 Å². The van der Waals surface area contributed by atoms with Crippen LogP contribution in [0.1, 0.15) is 26.7 Å². The lowest BCUT2D eigenvalue weighted by Crippen LogP contribution is -2.46. The molecule has 0 spiro atoms. The van der Waals surface area contributed by atoms with Crippen LogP contribution in [0.5, 0.6) is 0 Å². The van der Waals surface area contributed by atoms with Crippen molar-refractivity contribution in [1.82, 2.24) is 4.31 Å². The Bertz CT molecular complexity index is 809. The first-order valence-corrected chi connectivity index (χ1v) is 11.2. The molecule has 0 amide bonds. The van der Waals surface area contributed by atoms with Crippen molar-refractivity contribution < 1.29 is 21.2 Å². The lowest BCUT2D eigenvalue weighted by Gasteiger charge is -2.32. The molecule has 1 aromatic rings. The lowest BCUT2D eigenvalue weighted by atomic mass is 10.2. The van der Waals surface area contributed by atoms with Gasteiger partial charge in [0.1, 0.15) is 5.82 Å². The van der Waals surface area contributed by atoms with Crippen LogP contribution in [-0.4, -0.2) is 45.2 Å². The molecule has 1 aliphatic heterocycles. The van der Waals surface area contributed by atoms with E-state index in [-0.39, 0.29) is 34.7 Å². The third-order valence-electron chi connectivity index (χ3n) is 3.94. The molecule has 0 unspecified atom stereocenters. The Kier molecular flexibility index (Phi) is 5.95. The normalized spacial score (nSPS) is 20.5. The summed E-state index contributed by atoms with van der Waals surface area (Å²) in [7, 11) is -7.27. The summed E-state index contributed by atoms with van der Waals surface area (Å²) in [4.78, 5) is -0.129. The number of halogens is 2. The van der Waals surface area contributed by atoms with E-state index in [1.165, 1.54) is 0 Å². The molecule has 1 aromatic carbocycles. The molecular weight excluding hydrogens is 377 g/mol. The second-order valence-electron chi connectivity index (χ2n) is 6.43. The van der Waals surface area contributed by atoms with Gasteiger partial charge in [0.05, 0.1) is 20.9 Å². The molecule has 1 atom stereocenters. The maximum absolute atomic E-state index is 13.2. The fraction of sp³-hybridized carbons (Fsp3) is 0.600. The third-order valence-corrected chi connectivity index (χ3v) is 8.63. The van der Waals surface area contributed by atoms with E-state index in [0.717, 1.165) is 22.5 Å². The highest BCUT2D eigenvalue weighted by molar-refractivity contribution is 7.92. The van der Waals surface area contributed by atoms with Gasteiger partial charge in [-0.1, -0.05) is 25.4 Å². The lowest BCUT2D eigenvalue weighted by molar-refractivity contribution is 0.345. The maximum atomic E-state index is 13.2. The summed E-state index contributed by atoms with van der Waals surface area (Å²) in [5.41, 5.74) is 0. The molecule has 0 bridgehead atoms. The minimum atomic E-state index is -3.91. The number of hydrogen-bond donors (Lipinski definition) is 0. The summed E-state index contributed by atoms with van der Waals surface area (Å²) < 4.78 is 64.6. The summed E-state index contributed by atoms with van der Waals surface area (Å²) in [5, 5.41) is -0.989. The van der Waals surface area contributed by atoms with Gasteiger partial charge in [0, 0.05) is 13.1 Å². The van der Waals surface area contributed by atoms with Crippen LogP contribution in [0.25, 0.3) is 0 Å². The van der Waals surface area contributed by atoms with Crippen LogP contribution in [0.15, 0.2) is 23.1 Å². The van der Waals surface area contributed by atoms with Crippen molar-refractivity contribution in [3.05, 3.63) is 29.0 Å². The zero-order valence-corrected chi connectivity index (χ0v) is 16.0. The summed E-state index contributed by atoms with van der Waals surface area (Å²) in [6, 6.07) is 3.19. The van der Waals surface area contributed by atoms with Crippen LogP contribution in [0.4, 0.5) is 4.39 Å². The average Bonchev–Trinajstić information content (AvgIpc) is 2.49. The molecule has 24 heavy (non-hydrogen) atoms. The molecule has 1 fully saturated rings. The SMILES string of the molecule is CC(C)CS(=O)(=O)[C@@H]1CCCN(S(=O)(=O)c2ccc(F)c(Cl)c2)C1. The van der Waals surface area contributed by atoms with E-state index in [1.807, 2.05) is 13.8 Å². The van der Waals surface area contributed by atoms with Gasteiger partial charge in [0.15, 0.2) is 9.84 Å². The van der Waals surface area contributed by atoms with Crippen molar-refractivity contribution in [1.29, 1.82) is 0 Å². The summed E-state index contributed by atoms with van der Waals surface area (Å²) in [5.74, 6) is -0.682. The number of hydrogen-bond acceptors (Lipinski definition) is 4. The van der Waals surface area contributed by atoms with Crippen LogP contribution in [0, 0.1) is 11.7 Å². The third kappa shape index (κ3) is 4.28. The number of rotatable bonds is 5. The first-order valence-electron chi connectivity index (χ1n) is 7.71. The van der Waals surface area contributed by atoms with E-state index in [0.29, 0.717) is 12.8 Å². The van der Waals surface area contributed by atoms with E-state index in [4.69, 9.17) is 11.6 Å². The highest BCUT2D eigenvalue weighted by Crippen LogP contribution is 2.27. The highest BCUT2D eigenvalue weighted by Gasteiger charge is 2.36. The van der Waals surface area contributed by atoms with Gasteiger partial charge in [-0.15, -0.1) is 0 Å². The van der Waals surface area contributed by atoms with Gasteiger partial charge in [-0.05, 0) is 37.0 Å². The minimum Gasteiger partial charge on any atom is -0.228 e. The predicted molar refractivity (Wildman–Crippen MR) is 91.8 cm³/mol. The zero-order valence-electron chi connectivity index (χ0n) is 13.6. The summed E-state index contributed by atoms with van der Waals surface area (Å²) in [6.45, 7) is 3.79. The van der Waals surface area contributed by atoms with Crippen LogP contribution in [-0.2, 0) is 19.9 Å². The van der Waals surface area contributed by atoms with Crippen LogP contribution < -0.4 is 0 Å². The molecular formula is C15H21ClFNO4S2. The van der Waals surface area contributed by atoms with Gasteiger partial charge in [-0.3, -0.25) is 0 Å². The molecule has 1 heterocycles. The molecule has 5 nitrogen and oxygen atoms in total. The van der Waals surface area contributed by atoms with Gasteiger partial charge < -0.3 is 0 Å². The standard InChI is InChI=1S/C15H21ClFNO4S2/c1-11(2)10-23(19,20)13-4-3-7-18(9-13)24(21,22)12-5-6-15(17)14(16)8-12/h5-6,8,11,13H,3-4,7,9-10H2,1-2H3/t13-/m1/s1. The molecule has 0 radical (unpaired) electrons. The van der Waals surface area contributed by atoms with Gasteiger partial charge in [0.25, 0.3) is 0 Å². The van der Waals surface area contributed by atoms with E-state index in [1.54, 1.807) is 0 Å². The van der Waals surface area contributed by atoms with Crippen molar-refractivity contribution in [3.8, 4) is 0 Å². The zero-order chi connectivity index (χ0) is 18.1. The average molecular weight is 398 g/mol. The Morgan fingerprint density at radius 1 is 1.29 bits per heavy atom. The van der Waals surface area contributed by atoms with Gasteiger partial charge in [0.2, 0.25) is 10.0 Å². The van der Waals surface area contributed by atoms with E-state index < -0.39 is 30.9 Å². The van der Waals surface area contributed by atoms with Crippen LogP contribution >= 0.6 is 11.6 Å². The molecule has 0 aliphatic carbocycles. The van der Waals surface area contributed by atoms with Crippen molar-refractivity contribution in [2.24, 2.45) is 5.92 Å². The van der Waals surface area contributed by atoms with Crippen molar-refractivity contribution >= 4 is 31.5 Å².